The second-order valence-electron chi connectivity index (χ2n) is 5.05. The molecule has 2 heterocycles. The maximum absolute atomic E-state index is 12.2. The molecule has 4 N–H and O–H groups in total. The summed E-state index contributed by atoms with van der Waals surface area (Å²) in [5.74, 6) is -0.254. The fraction of sp³-hybridized carbons (Fsp3) is 0.267. The molecule has 1 aromatic heterocycles. The average molecular weight is 331 g/mol. The van der Waals surface area contributed by atoms with Crippen molar-refractivity contribution in [1.82, 2.24) is 10.3 Å². The van der Waals surface area contributed by atoms with E-state index in [1.165, 1.54) is 11.3 Å². The predicted molar refractivity (Wildman–Crippen MR) is 90.0 cm³/mol. The van der Waals surface area contributed by atoms with Crippen LogP contribution in [0, 0.1) is 0 Å². The highest BCUT2D eigenvalue weighted by Gasteiger charge is 2.20. The summed E-state index contributed by atoms with van der Waals surface area (Å²) >= 11 is 1.43. The quantitative estimate of drug-likeness (QED) is 0.771. The van der Waals surface area contributed by atoms with Crippen LogP contribution in [-0.4, -0.2) is 36.6 Å². The van der Waals surface area contributed by atoms with Crippen LogP contribution in [0.5, 0.6) is 0 Å². The molecule has 0 bridgehead atoms. The molecule has 1 fully saturated rings. The molecular weight excluding hydrogens is 314 g/mol. The Morgan fingerprint density at radius 1 is 1.39 bits per heavy atom. The van der Waals surface area contributed by atoms with Gasteiger partial charge in [-0.15, -0.1) is 11.3 Å². The van der Waals surface area contributed by atoms with Gasteiger partial charge >= 0.3 is 6.03 Å². The van der Waals surface area contributed by atoms with E-state index < -0.39 is 0 Å². The van der Waals surface area contributed by atoms with Crippen molar-refractivity contribution >= 4 is 34.6 Å². The first-order valence-electron chi connectivity index (χ1n) is 7.28. The second-order valence-corrected chi connectivity index (χ2v) is 5.99. The van der Waals surface area contributed by atoms with Gasteiger partial charge in [0.2, 0.25) is 0 Å². The zero-order valence-corrected chi connectivity index (χ0v) is 13.2. The van der Waals surface area contributed by atoms with Crippen molar-refractivity contribution in [3.63, 3.8) is 0 Å². The molecule has 1 aliphatic heterocycles. The Kier molecular flexibility index (Phi) is 4.54. The Morgan fingerprint density at radius 2 is 2.17 bits per heavy atom. The van der Waals surface area contributed by atoms with Crippen LogP contribution in [0.3, 0.4) is 0 Å². The summed E-state index contributed by atoms with van der Waals surface area (Å²) in [6.45, 7) is 1.81. The minimum Gasteiger partial charge on any atom is -0.336 e. The van der Waals surface area contributed by atoms with Crippen molar-refractivity contribution < 1.29 is 9.59 Å². The van der Waals surface area contributed by atoms with E-state index in [1.54, 1.807) is 34.5 Å². The van der Waals surface area contributed by atoms with Crippen LogP contribution < -0.4 is 21.3 Å². The van der Waals surface area contributed by atoms with Crippen molar-refractivity contribution in [2.24, 2.45) is 5.73 Å². The number of amides is 3. The first-order chi connectivity index (χ1) is 11.2. The van der Waals surface area contributed by atoms with Gasteiger partial charge in [-0.25, -0.2) is 9.78 Å². The van der Waals surface area contributed by atoms with Crippen molar-refractivity contribution in [2.45, 2.75) is 6.42 Å². The van der Waals surface area contributed by atoms with E-state index in [1.807, 2.05) is 0 Å². The third-order valence-electron chi connectivity index (χ3n) is 3.44. The number of aromatic nitrogens is 1. The molecule has 0 saturated carbocycles. The molecule has 23 heavy (non-hydrogen) atoms. The molecule has 120 valence electrons. The Labute approximate surface area is 137 Å². The number of urea groups is 1. The van der Waals surface area contributed by atoms with Gasteiger partial charge in [0, 0.05) is 36.3 Å². The van der Waals surface area contributed by atoms with E-state index in [9.17, 15) is 9.59 Å². The van der Waals surface area contributed by atoms with E-state index in [2.05, 4.69) is 15.6 Å². The number of thiazole rings is 1. The van der Waals surface area contributed by atoms with Crippen molar-refractivity contribution in [2.75, 3.05) is 29.9 Å². The minimum atomic E-state index is -0.254. The van der Waals surface area contributed by atoms with Crippen LogP contribution >= 0.6 is 11.3 Å². The summed E-state index contributed by atoms with van der Waals surface area (Å²) in [4.78, 5) is 29.7. The van der Waals surface area contributed by atoms with Gasteiger partial charge < -0.3 is 16.4 Å². The van der Waals surface area contributed by atoms with Gasteiger partial charge in [-0.1, -0.05) is 0 Å². The van der Waals surface area contributed by atoms with Gasteiger partial charge in [0.25, 0.3) is 5.91 Å². The van der Waals surface area contributed by atoms with Crippen molar-refractivity contribution in [3.8, 4) is 0 Å². The molecule has 1 saturated heterocycles. The summed E-state index contributed by atoms with van der Waals surface area (Å²) in [7, 11) is 0. The summed E-state index contributed by atoms with van der Waals surface area (Å²) in [6.07, 6.45) is 0.671. The lowest BCUT2D eigenvalue weighted by Gasteiger charge is -2.14. The van der Waals surface area contributed by atoms with Crippen LogP contribution in [-0.2, 0) is 6.42 Å². The minimum absolute atomic E-state index is 0.100. The summed E-state index contributed by atoms with van der Waals surface area (Å²) in [6, 6.07) is 7.05. The van der Waals surface area contributed by atoms with Crippen LogP contribution in [0.25, 0.3) is 0 Å². The zero-order chi connectivity index (χ0) is 16.2. The average Bonchev–Trinajstić information content (AvgIpc) is 3.18. The van der Waals surface area contributed by atoms with Gasteiger partial charge in [0.05, 0.1) is 5.01 Å². The number of rotatable bonds is 5. The smallest absolute Gasteiger partial charge is 0.321 e. The fourth-order valence-corrected chi connectivity index (χ4v) is 3.09. The van der Waals surface area contributed by atoms with E-state index in [4.69, 9.17) is 5.73 Å². The molecule has 0 atom stereocenters. The number of nitrogens with zero attached hydrogens (tertiary/aromatic N) is 2. The van der Waals surface area contributed by atoms with Crippen LogP contribution in [0.4, 0.5) is 16.2 Å². The first-order valence-corrected chi connectivity index (χ1v) is 8.16. The molecule has 0 spiro atoms. The lowest BCUT2D eigenvalue weighted by Crippen LogP contribution is -2.27. The number of nitrogens with one attached hydrogen (secondary N) is 2. The summed E-state index contributed by atoms with van der Waals surface area (Å²) in [5, 5.41) is 8.13. The fourth-order valence-electron chi connectivity index (χ4n) is 2.29. The Hall–Kier alpha value is -2.45. The third kappa shape index (κ3) is 3.49. The van der Waals surface area contributed by atoms with Crippen LogP contribution in [0.2, 0.25) is 0 Å². The first kappa shape index (κ1) is 15.4. The maximum Gasteiger partial charge on any atom is 0.321 e. The van der Waals surface area contributed by atoms with Crippen molar-refractivity contribution in [1.29, 1.82) is 0 Å². The number of carbonyl (C=O) groups is 2. The van der Waals surface area contributed by atoms with Gasteiger partial charge in [-0.3, -0.25) is 9.69 Å². The van der Waals surface area contributed by atoms with E-state index in [0.29, 0.717) is 37.4 Å². The number of benzene rings is 1. The third-order valence-corrected chi connectivity index (χ3v) is 4.34. The largest absolute Gasteiger partial charge is 0.336 e. The molecular formula is C15H17N5O2S. The van der Waals surface area contributed by atoms with Gasteiger partial charge in [0.1, 0.15) is 5.69 Å². The molecule has 2 aromatic rings. The van der Waals surface area contributed by atoms with Crippen LogP contribution in [0.15, 0.2) is 29.6 Å². The van der Waals surface area contributed by atoms with E-state index >= 15 is 0 Å². The Bertz CT molecular complexity index is 713. The molecule has 0 aliphatic carbocycles. The maximum atomic E-state index is 12.2. The van der Waals surface area contributed by atoms with Gasteiger partial charge in [0.15, 0.2) is 0 Å². The standard InChI is InChI=1S/C15H17N5O2S/c16-6-5-13-19-12(9-23-13)14(21)18-10-1-3-11(4-2-10)20-8-7-17-15(20)22/h1-4,9H,5-8,16H2,(H,17,22)(H,18,21). The lowest BCUT2D eigenvalue weighted by molar-refractivity contribution is 0.102. The number of hydrogen-bond donors (Lipinski definition) is 3. The van der Waals surface area contributed by atoms with Crippen molar-refractivity contribution in [3.05, 3.63) is 40.3 Å². The topological polar surface area (TPSA) is 100 Å². The highest BCUT2D eigenvalue weighted by atomic mass is 32.1. The highest BCUT2D eigenvalue weighted by Crippen LogP contribution is 2.20. The van der Waals surface area contributed by atoms with E-state index in [-0.39, 0.29) is 11.9 Å². The highest BCUT2D eigenvalue weighted by molar-refractivity contribution is 7.09. The summed E-state index contributed by atoms with van der Waals surface area (Å²) in [5.41, 5.74) is 7.33. The lowest BCUT2D eigenvalue weighted by atomic mass is 10.2. The van der Waals surface area contributed by atoms with E-state index in [0.717, 1.165) is 10.7 Å². The molecule has 3 rings (SSSR count). The Morgan fingerprint density at radius 3 is 2.83 bits per heavy atom. The molecule has 0 radical (unpaired) electrons. The molecule has 1 aromatic carbocycles. The monoisotopic (exact) mass is 331 g/mol. The molecule has 0 unspecified atom stereocenters. The number of anilines is 2. The SMILES string of the molecule is NCCc1nc(C(=O)Nc2ccc(N3CCNC3=O)cc2)cs1. The zero-order valence-electron chi connectivity index (χ0n) is 12.4. The molecule has 7 nitrogen and oxygen atoms in total. The molecule has 3 amide bonds. The normalized spacial score (nSPS) is 14.0. The van der Waals surface area contributed by atoms with Crippen LogP contribution in [0.1, 0.15) is 15.5 Å². The van der Waals surface area contributed by atoms with Gasteiger partial charge in [-0.2, -0.15) is 0 Å². The summed E-state index contributed by atoms with van der Waals surface area (Å²) < 4.78 is 0. The molecule has 1 aliphatic rings. The number of carbonyl (C=O) groups excluding carboxylic acids is 2. The predicted octanol–water partition coefficient (Wildman–Crippen LogP) is 1.43. The Balaban J connectivity index is 1.65. The number of hydrogen-bond acceptors (Lipinski definition) is 5. The second kappa shape index (κ2) is 6.76. The molecule has 8 heteroatoms. The van der Waals surface area contributed by atoms with Gasteiger partial charge in [-0.05, 0) is 30.8 Å². The number of nitrogens with two attached hydrogens (primary N) is 1.